The minimum Gasteiger partial charge on any atom is -0.385 e. The van der Waals surface area contributed by atoms with E-state index in [0.29, 0.717) is 0 Å². The SMILES string of the molecule is CC(C)NS(=O)(=O)c1ccc(NCCc2cscn2)cc1. The predicted octanol–water partition coefficient (Wildman–Crippen LogP) is 2.48. The Morgan fingerprint density at radius 2 is 1.95 bits per heavy atom. The number of benzene rings is 1. The summed E-state index contributed by atoms with van der Waals surface area (Å²) in [6.07, 6.45) is 0.846. The molecule has 0 unspecified atom stereocenters. The third kappa shape index (κ3) is 4.80. The minimum atomic E-state index is -3.42. The summed E-state index contributed by atoms with van der Waals surface area (Å²) in [5.74, 6) is 0. The normalized spacial score (nSPS) is 11.8. The second-order valence-electron chi connectivity index (χ2n) is 4.96. The molecular weight excluding hydrogens is 306 g/mol. The fraction of sp³-hybridized carbons (Fsp3) is 0.357. The van der Waals surface area contributed by atoms with Gasteiger partial charge in [-0.3, -0.25) is 0 Å². The molecule has 21 heavy (non-hydrogen) atoms. The molecule has 0 radical (unpaired) electrons. The van der Waals surface area contributed by atoms with Gasteiger partial charge in [0, 0.05) is 30.1 Å². The maximum atomic E-state index is 12.0. The molecule has 1 heterocycles. The molecular formula is C14H19N3O2S2. The smallest absolute Gasteiger partial charge is 0.240 e. The summed E-state index contributed by atoms with van der Waals surface area (Å²) in [6, 6.07) is 6.64. The van der Waals surface area contributed by atoms with Crippen molar-refractivity contribution in [3.8, 4) is 0 Å². The Kier molecular flexibility index (Phi) is 5.33. The maximum Gasteiger partial charge on any atom is 0.240 e. The van der Waals surface area contributed by atoms with Gasteiger partial charge in [0.2, 0.25) is 10.0 Å². The zero-order valence-corrected chi connectivity index (χ0v) is 13.7. The van der Waals surface area contributed by atoms with Crippen molar-refractivity contribution in [2.45, 2.75) is 31.2 Å². The zero-order valence-electron chi connectivity index (χ0n) is 12.0. The number of anilines is 1. The van der Waals surface area contributed by atoms with Crippen LogP contribution in [0.25, 0.3) is 0 Å². The summed E-state index contributed by atoms with van der Waals surface area (Å²) >= 11 is 1.58. The largest absolute Gasteiger partial charge is 0.385 e. The Balaban J connectivity index is 1.92. The molecule has 0 spiro atoms. The summed E-state index contributed by atoms with van der Waals surface area (Å²) in [5.41, 5.74) is 3.78. The van der Waals surface area contributed by atoms with Crippen LogP contribution >= 0.6 is 11.3 Å². The Morgan fingerprint density at radius 1 is 1.24 bits per heavy atom. The summed E-state index contributed by atoms with van der Waals surface area (Å²) in [7, 11) is -3.42. The van der Waals surface area contributed by atoms with Gasteiger partial charge >= 0.3 is 0 Å². The van der Waals surface area contributed by atoms with Crippen molar-refractivity contribution >= 4 is 27.0 Å². The van der Waals surface area contributed by atoms with E-state index in [9.17, 15) is 8.42 Å². The fourth-order valence-corrected chi connectivity index (χ4v) is 3.67. The standard InChI is InChI=1S/C14H19N3O2S2/c1-11(2)17-21(18,19)14-5-3-12(4-6-14)15-8-7-13-9-20-10-16-13/h3-6,9-11,15,17H,7-8H2,1-2H3. The highest BCUT2D eigenvalue weighted by molar-refractivity contribution is 7.89. The van der Waals surface area contributed by atoms with Crippen molar-refractivity contribution in [3.05, 3.63) is 40.8 Å². The predicted molar refractivity (Wildman–Crippen MR) is 86.2 cm³/mol. The molecule has 2 aromatic rings. The number of sulfonamides is 1. The van der Waals surface area contributed by atoms with Crippen molar-refractivity contribution in [1.29, 1.82) is 0 Å². The van der Waals surface area contributed by atoms with Crippen LogP contribution in [0.5, 0.6) is 0 Å². The maximum absolute atomic E-state index is 12.0. The quantitative estimate of drug-likeness (QED) is 0.820. The molecule has 1 aromatic carbocycles. The second kappa shape index (κ2) is 7.02. The van der Waals surface area contributed by atoms with Crippen molar-refractivity contribution < 1.29 is 8.42 Å². The monoisotopic (exact) mass is 325 g/mol. The molecule has 5 nitrogen and oxygen atoms in total. The molecule has 0 saturated heterocycles. The zero-order chi connectivity index (χ0) is 15.3. The molecule has 0 fully saturated rings. The van der Waals surface area contributed by atoms with Gasteiger partial charge in [0.1, 0.15) is 0 Å². The van der Waals surface area contributed by atoms with E-state index in [4.69, 9.17) is 0 Å². The van der Waals surface area contributed by atoms with Gasteiger partial charge in [0.15, 0.2) is 0 Å². The molecule has 7 heteroatoms. The number of hydrogen-bond donors (Lipinski definition) is 2. The number of nitrogens with one attached hydrogen (secondary N) is 2. The lowest BCUT2D eigenvalue weighted by Gasteiger charge is -2.10. The molecule has 0 saturated carbocycles. The molecule has 0 aliphatic rings. The van der Waals surface area contributed by atoms with Crippen molar-refractivity contribution in [2.75, 3.05) is 11.9 Å². The van der Waals surface area contributed by atoms with Crippen LogP contribution in [-0.2, 0) is 16.4 Å². The van der Waals surface area contributed by atoms with Crippen LogP contribution in [0.1, 0.15) is 19.5 Å². The van der Waals surface area contributed by atoms with Gasteiger partial charge in [-0.1, -0.05) is 0 Å². The molecule has 0 amide bonds. The van der Waals surface area contributed by atoms with Crippen LogP contribution in [0.15, 0.2) is 40.1 Å². The summed E-state index contributed by atoms with van der Waals surface area (Å²) in [5, 5.41) is 5.27. The Morgan fingerprint density at radius 3 is 2.52 bits per heavy atom. The minimum absolute atomic E-state index is 0.120. The van der Waals surface area contributed by atoms with Gasteiger partial charge in [-0.05, 0) is 38.1 Å². The third-order valence-electron chi connectivity index (χ3n) is 2.75. The third-order valence-corrected chi connectivity index (χ3v) is 5.06. The fourth-order valence-electron chi connectivity index (χ4n) is 1.83. The highest BCUT2D eigenvalue weighted by Gasteiger charge is 2.14. The van der Waals surface area contributed by atoms with E-state index in [1.807, 2.05) is 10.9 Å². The van der Waals surface area contributed by atoms with Gasteiger partial charge < -0.3 is 5.32 Å². The van der Waals surface area contributed by atoms with Gasteiger partial charge in [-0.25, -0.2) is 18.1 Å². The van der Waals surface area contributed by atoms with Crippen LogP contribution in [0, 0.1) is 0 Å². The first-order valence-corrected chi connectivity index (χ1v) is 9.13. The van der Waals surface area contributed by atoms with E-state index in [1.165, 1.54) is 0 Å². The van der Waals surface area contributed by atoms with Crippen LogP contribution in [-0.4, -0.2) is 26.0 Å². The van der Waals surface area contributed by atoms with E-state index in [0.717, 1.165) is 24.3 Å². The number of rotatable bonds is 7. The summed E-state index contributed by atoms with van der Waals surface area (Å²) in [6.45, 7) is 4.36. The average molecular weight is 325 g/mol. The van der Waals surface area contributed by atoms with E-state index in [-0.39, 0.29) is 10.9 Å². The Labute approximate surface area is 129 Å². The summed E-state index contributed by atoms with van der Waals surface area (Å²) < 4.78 is 26.5. The lowest BCUT2D eigenvalue weighted by Crippen LogP contribution is -2.30. The van der Waals surface area contributed by atoms with E-state index >= 15 is 0 Å². The molecule has 2 rings (SSSR count). The first kappa shape index (κ1) is 15.9. The number of hydrogen-bond acceptors (Lipinski definition) is 5. The Bertz CT molecular complexity index is 650. The van der Waals surface area contributed by atoms with Gasteiger partial charge in [0.05, 0.1) is 16.1 Å². The van der Waals surface area contributed by atoms with Gasteiger partial charge in [-0.15, -0.1) is 11.3 Å². The van der Waals surface area contributed by atoms with E-state index < -0.39 is 10.0 Å². The second-order valence-corrected chi connectivity index (χ2v) is 7.39. The molecule has 1 aromatic heterocycles. The topological polar surface area (TPSA) is 71.1 Å². The first-order chi connectivity index (χ1) is 9.97. The van der Waals surface area contributed by atoms with Gasteiger partial charge in [0.25, 0.3) is 0 Å². The molecule has 0 bridgehead atoms. The highest BCUT2D eigenvalue weighted by Crippen LogP contribution is 2.14. The molecule has 114 valence electrons. The van der Waals surface area contributed by atoms with Crippen molar-refractivity contribution in [2.24, 2.45) is 0 Å². The number of aromatic nitrogens is 1. The number of thiazole rings is 1. The molecule has 0 aliphatic carbocycles. The Hall–Kier alpha value is -1.44. The summed E-state index contributed by atoms with van der Waals surface area (Å²) in [4.78, 5) is 4.49. The van der Waals surface area contributed by atoms with E-state index in [1.54, 1.807) is 49.4 Å². The van der Waals surface area contributed by atoms with Crippen LogP contribution in [0.3, 0.4) is 0 Å². The number of nitrogens with zero attached hydrogens (tertiary/aromatic N) is 1. The van der Waals surface area contributed by atoms with Gasteiger partial charge in [-0.2, -0.15) is 0 Å². The lowest BCUT2D eigenvalue weighted by molar-refractivity contribution is 0.570. The lowest BCUT2D eigenvalue weighted by atomic mass is 10.3. The van der Waals surface area contributed by atoms with Crippen LogP contribution in [0.2, 0.25) is 0 Å². The molecule has 0 atom stereocenters. The van der Waals surface area contributed by atoms with Crippen LogP contribution in [0.4, 0.5) is 5.69 Å². The van der Waals surface area contributed by atoms with Crippen molar-refractivity contribution in [3.63, 3.8) is 0 Å². The van der Waals surface area contributed by atoms with Crippen LogP contribution < -0.4 is 10.0 Å². The van der Waals surface area contributed by atoms with E-state index in [2.05, 4.69) is 15.0 Å². The first-order valence-electron chi connectivity index (χ1n) is 6.71. The molecule has 2 N–H and O–H groups in total. The highest BCUT2D eigenvalue weighted by atomic mass is 32.2. The molecule has 0 aliphatic heterocycles. The van der Waals surface area contributed by atoms with Crippen molar-refractivity contribution in [1.82, 2.24) is 9.71 Å². The average Bonchev–Trinajstić information content (AvgIpc) is 2.91.